The number of hydrogen-bond acceptors (Lipinski definition) is 3. The third-order valence-corrected chi connectivity index (χ3v) is 3.62. The molecule has 23 heavy (non-hydrogen) atoms. The summed E-state index contributed by atoms with van der Waals surface area (Å²) in [5, 5.41) is 4.86. The lowest BCUT2D eigenvalue weighted by Crippen LogP contribution is -2.43. The van der Waals surface area contributed by atoms with Crippen LogP contribution in [0.3, 0.4) is 0 Å². The van der Waals surface area contributed by atoms with Crippen molar-refractivity contribution in [1.29, 1.82) is 0 Å². The average Bonchev–Trinajstić information content (AvgIpc) is 2.51. The number of carbonyl (C=O) groups is 2. The van der Waals surface area contributed by atoms with Crippen molar-refractivity contribution in [2.45, 2.75) is 33.2 Å². The number of amides is 1. The Labute approximate surface area is 136 Å². The number of carbonyl (C=O) groups excluding carboxylic acids is 2. The van der Waals surface area contributed by atoms with Gasteiger partial charge in [-0.25, -0.2) is 4.79 Å². The van der Waals surface area contributed by atoms with Crippen LogP contribution in [0.5, 0.6) is 0 Å². The summed E-state index contributed by atoms with van der Waals surface area (Å²) < 4.78 is 4.81. The Kier molecular flexibility index (Phi) is 5.04. The smallest absolute Gasteiger partial charge is 0.328 e. The zero-order chi connectivity index (χ0) is 17.0. The van der Waals surface area contributed by atoms with E-state index in [4.69, 9.17) is 4.74 Å². The lowest BCUT2D eigenvalue weighted by atomic mass is 9.88. The molecule has 2 aromatic rings. The Morgan fingerprint density at radius 3 is 2.35 bits per heavy atom. The number of esters is 1. The maximum atomic E-state index is 12.5. The van der Waals surface area contributed by atoms with Crippen LogP contribution in [0, 0.1) is 5.41 Å². The highest BCUT2D eigenvalue weighted by Crippen LogP contribution is 2.22. The van der Waals surface area contributed by atoms with Gasteiger partial charge in [0.2, 0.25) is 0 Å². The number of hydrogen-bond donors (Lipinski definition) is 1. The van der Waals surface area contributed by atoms with Crippen LogP contribution < -0.4 is 5.32 Å². The van der Waals surface area contributed by atoms with Gasteiger partial charge in [0.1, 0.15) is 6.04 Å². The number of benzene rings is 2. The van der Waals surface area contributed by atoms with Crippen molar-refractivity contribution >= 4 is 22.6 Å². The second-order valence-electron chi connectivity index (χ2n) is 6.88. The quantitative estimate of drug-likeness (QED) is 0.878. The summed E-state index contributed by atoms with van der Waals surface area (Å²) in [5.41, 5.74) is 0.432. The van der Waals surface area contributed by atoms with E-state index in [1.54, 1.807) is 6.07 Å². The van der Waals surface area contributed by atoms with E-state index in [2.05, 4.69) is 5.32 Å². The first-order chi connectivity index (χ1) is 10.8. The van der Waals surface area contributed by atoms with Crippen molar-refractivity contribution in [3.8, 4) is 0 Å². The molecule has 0 fully saturated rings. The minimum atomic E-state index is -0.654. The third kappa shape index (κ3) is 4.55. The molecule has 4 heteroatoms. The number of rotatable bonds is 4. The SMILES string of the molecule is COC(=O)[C@H](CC(C)(C)C)NC(=O)c1ccc2ccccc2c1. The van der Waals surface area contributed by atoms with Crippen molar-refractivity contribution in [1.82, 2.24) is 5.32 Å². The fourth-order valence-corrected chi connectivity index (χ4v) is 2.52. The van der Waals surface area contributed by atoms with Crippen LogP contribution in [-0.4, -0.2) is 25.0 Å². The topological polar surface area (TPSA) is 55.4 Å². The minimum Gasteiger partial charge on any atom is -0.467 e. The molecular formula is C19H23NO3. The van der Waals surface area contributed by atoms with Gasteiger partial charge in [-0.15, -0.1) is 0 Å². The van der Waals surface area contributed by atoms with E-state index in [0.29, 0.717) is 12.0 Å². The first-order valence-corrected chi connectivity index (χ1v) is 7.68. The predicted octanol–water partition coefficient (Wildman–Crippen LogP) is 3.55. The zero-order valence-corrected chi connectivity index (χ0v) is 14.1. The van der Waals surface area contributed by atoms with Gasteiger partial charge in [0, 0.05) is 5.56 Å². The summed E-state index contributed by atoms with van der Waals surface area (Å²) in [4.78, 5) is 24.4. The monoisotopic (exact) mass is 313 g/mol. The molecule has 0 saturated carbocycles. The molecule has 0 spiro atoms. The van der Waals surface area contributed by atoms with Gasteiger partial charge in [0.15, 0.2) is 0 Å². The van der Waals surface area contributed by atoms with E-state index in [0.717, 1.165) is 10.8 Å². The van der Waals surface area contributed by atoms with Gasteiger partial charge in [-0.2, -0.15) is 0 Å². The molecule has 1 amide bonds. The van der Waals surface area contributed by atoms with E-state index >= 15 is 0 Å². The van der Waals surface area contributed by atoms with Gasteiger partial charge in [0.05, 0.1) is 7.11 Å². The molecule has 0 saturated heterocycles. The molecular weight excluding hydrogens is 290 g/mol. The van der Waals surface area contributed by atoms with Crippen molar-refractivity contribution in [3.05, 3.63) is 48.0 Å². The Bertz CT molecular complexity index is 716. The highest BCUT2D eigenvalue weighted by molar-refractivity contribution is 6.00. The fourth-order valence-electron chi connectivity index (χ4n) is 2.52. The van der Waals surface area contributed by atoms with Crippen LogP contribution in [0.2, 0.25) is 0 Å². The molecule has 122 valence electrons. The molecule has 0 aliphatic heterocycles. The Morgan fingerprint density at radius 1 is 1.09 bits per heavy atom. The van der Waals surface area contributed by atoms with Gasteiger partial charge in [-0.05, 0) is 34.7 Å². The standard InChI is InChI=1S/C19H23NO3/c1-19(2,3)12-16(18(22)23-4)20-17(21)15-10-9-13-7-5-6-8-14(13)11-15/h5-11,16H,12H2,1-4H3,(H,20,21)/t16-/m0/s1. The Balaban J connectivity index is 2.20. The van der Waals surface area contributed by atoms with Crippen LogP contribution in [0.25, 0.3) is 10.8 Å². The van der Waals surface area contributed by atoms with Gasteiger partial charge in [-0.1, -0.05) is 51.1 Å². The van der Waals surface area contributed by atoms with Crippen LogP contribution >= 0.6 is 0 Å². The number of nitrogens with one attached hydrogen (secondary N) is 1. The van der Waals surface area contributed by atoms with Crippen LogP contribution in [0.1, 0.15) is 37.6 Å². The predicted molar refractivity (Wildman–Crippen MR) is 91.3 cm³/mol. The molecule has 1 atom stereocenters. The highest BCUT2D eigenvalue weighted by Gasteiger charge is 2.27. The molecule has 4 nitrogen and oxygen atoms in total. The van der Waals surface area contributed by atoms with Crippen molar-refractivity contribution in [2.24, 2.45) is 5.41 Å². The zero-order valence-electron chi connectivity index (χ0n) is 14.1. The largest absolute Gasteiger partial charge is 0.467 e. The second-order valence-corrected chi connectivity index (χ2v) is 6.88. The second kappa shape index (κ2) is 6.82. The summed E-state index contributed by atoms with van der Waals surface area (Å²) in [6.07, 6.45) is 0.513. The summed E-state index contributed by atoms with van der Waals surface area (Å²) in [7, 11) is 1.33. The van der Waals surface area contributed by atoms with Gasteiger partial charge < -0.3 is 10.1 Å². The molecule has 0 aliphatic carbocycles. The summed E-state index contributed by atoms with van der Waals surface area (Å²) >= 11 is 0. The molecule has 0 heterocycles. The van der Waals surface area contributed by atoms with E-state index < -0.39 is 12.0 Å². The van der Waals surface area contributed by atoms with E-state index in [-0.39, 0.29) is 11.3 Å². The van der Waals surface area contributed by atoms with Gasteiger partial charge in [-0.3, -0.25) is 4.79 Å². The highest BCUT2D eigenvalue weighted by atomic mass is 16.5. The molecule has 0 aliphatic rings. The van der Waals surface area contributed by atoms with Crippen molar-refractivity contribution in [2.75, 3.05) is 7.11 Å². The number of ether oxygens (including phenoxy) is 1. The third-order valence-electron chi connectivity index (χ3n) is 3.62. The summed E-state index contributed by atoms with van der Waals surface area (Å²) in [6, 6.07) is 12.7. The maximum absolute atomic E-state index is 12.5. The number of methoxy groups -OCH3 is 1. The van der Waals surface area contributed by atoms with Crippen molar-refractivity contribution in [3.63, 3.8) is 0 Å². The molecule has 2 aromatic carbocycles. The first-order valence-electron chi connectivity index (χ1n) is 7.68. The molecule has 1 N–H and O–H groups in total. The van der Waals surface area contributed by atoms with E-state index in [9.17, 15) is 9.59 Å². The Morgan fingerprint density at radius 2 is 1.74 bits per heavy atom. The molecule has 0 radical (unpaired) electrons. The van der Waals surface area contributed by atoms with Crippen molar-refractivity contribution < 1.29 is 14.3 Å². The first kappa shape index (κ1) is 17.0. The van der Waals surface area contributed by atoms with Gasteiger partial charge >= 0.3 is 5.97 Å². The fraction of sp³-hybridized carbons (Fsp3) is 0.368. The average molecular weight is 313 g/mol. The molecule has 0 unspecified atom stereocenters. The molecule has 0 aromatic heterocycles. The van der Waals surface area contributed by atoms with Gasteiger partial charge in [0.25, 0.3) is 5.91 Å². The van der Waals surface area contributed by atoms with Crippen LogP contribution in [-0.2, 0) is 9.53 Å². The Hall–Kier alpha value is -2.36. The molecule has 2 rings (SSSR count). The normalized spacial score (nSPS) is 12.7. The van der Waals surface area contributed by atoms with Crippen LogP contribution in [0.15, 0.2) is 42.5 Å². The summed E-state index contributed by atoms with van der Waals surface area (Å²) in [6.45, 7) is 6.06. The van der Waals surface area contributed by atoms with E-state index in [1.165, 1.54) is 7.11 Å². The van der Waals surface area contributed by atoms with Crippen LogP contribution in [0.4, 0.5) is 0 Å². The minimum absolute atomic E-state index is 0.102. The lowest BCUT2D eigenvalue weighted by molar-refractivity contribution is -0.143. The summed E-state index contributed by atoms with van der Waals surface area (Å²) in [5.74, 6) is -0.690. The maximum Gasteiger partial charge on any atom is 0.328 e. The van der Waals surface area contributed by atoms with E-state index in [1.807, 2.05) is 57.2 Å². The number of fused-ring (bicyclic) bond motifs is 1. The molecule has 0 bridgehead atoms. The lowest BCUT2D eigenvalue weighted by Gasteiger charge is -2.25.